The fourth-order valence-electron chi connectivity index (χ4n) is 2.83. The number of nitrogens with zero attached hydrogens (tertiary/aromatic N) is 1. The average molecular weight is 358 g/mol. The fourth-order valence-corrected chi connectivity index (χ4v) is 2.83. The van der Waals surface area contributed by atoms with Crippen molar-refractivity contribution in [3.05, 3.63) is 71.3 Å². The molecule has 26 heavy (non-hydrogen) atoms. The van der Waals surface area contributed by atoms with Crippen LogP contribution in [0, 0.1) is 0 Å². The van der Waals surface area contributed by atoms with Crippen LogP contribution < -0.4 is 0 Å². The molecule has 5 nitrogen and oxygen atoms in total. The molecule has 0 amide bonds. The Labute approximate surface area is 155 Å². The Balaban J connectivity index is 0.000000263. The van der Waals surface area contributed by atoms with Gasteiger partial charge in [0.1, 0.15) is 6.54 Å². The minimum Gasteiger partial charge on any atom is -0.478 e. The van der Waals surface area contributed by atoms with Gasteiger partial charge in [-0.15, -0.1) is 0 Å². The second-order valence-electron chi connectivity index (χ2n) is 6.09. The number of quaternary nitrogens is 1. The first kappa shape index (κ1) is 21.4. The van der Waals surface area contributed by atoms with Crippen LogP contribution >= 0.6 is 0 Å². The topological polar surface area (TPSA) is 74.6 Å². The van der Waals surface area contributed by atoms with Crippen molar-refractivity contribution in [1.29, 1.82) is 0 Å². The standard InChI is InChI=1S/C13H22N.C8H6O4/c1-4-14(5-2,6-3)12-13-10-8-7-9-11-13;9-7(10)5-3-1-2-4-6(5)8(11)12/h7-11H,4-6,12H2,1-3H3;1-4H,(H,9,10)(H,11,12)/q+1;. The average Bonchev–Trinajstić information content (AvgIpc) is 2.67. The number of aromatic carboxylic acids is 2. The molecule has 0 atom stereocenters. The number of rotatable bonds is 7. The Morgan fingerprint density at radius 3 is 1.46 bits per heavy atom. The van der Waals surface area contributed by atoms with Gasteiger partial charge in [0.15, 0.2) is 0 Å². The van der Waals surface area contributed by atoms with Crippen LogP contribution in [0.5, 0.6) is 0 Å². The first-order valence-electron chi connectivity index (χ1n) is 8.83. The minimum absolute atomic E-state index is 0.190. The first-order chi connectivity index (χ1) is 12.4. The van der Waals surface area contributed by atoms with Gasteiger partial charge in [-0.1, -0.05) is 42.5 Å². The van der Waals surface area contributed by atoms with Crippen molar-refractivity contribution in [2.75, 3.05) is 19.6 Å². The van der Waals surface area contributed by atoms with Crippen molar-refractivity contribution in [3.8, 4) is 0 Å². The summed E-state index contributed by atoms with van der Waals surface area (Å²) in [6, 6.07) is 16.3. The van der Waals surface area contributed by atoms with Crippen LogP contribution in [0.4, 0.5) is 0 Å². The largest absolute Gasteiger partial charge is 0.478 e. The lowest BCUT2D eigenvalue weighted by Gasteiger charge is -2.35. The lowest BCUT2D eigenvalue weighted by molar-refractivity contribution is -0.936. The predicted octanol–water partition coefficient (Wildman–Crippen LogP) is 4.15. The van der Waals surface area contributed by atoms with E-state index in [1.807, 2.05) is 0 Å². The van der Waals surface area contributed by atoms with Gasteiger partial charge >= 0.3 is 11.9 Å². The maximum absolute atomic E-state index is 10.5. The number of hydrogen-bond donors (Lipinski definition) is 2. The van der Waals surface area contributed by atoms with E-state index in [2.05, 4.69) is 51.1 Å². The molecule has 0 aliphatic heterocycles. The number of benzene rings is 2. The summed E-state index contributed by atoms with van der Waals surface area (Å²) in [4.78, 5) is 20.9. The second-order valence-corrected chi connectivity index (χ2v) is 6.09. The molecule has 0 saturated carbocycles. The Morgan fingerprint density at radius 1 is 0.731 bits per heavy atom. The lowest BCUT2D eigenvalue weighted by Crippen LogP contribution is -2.46. The first-order valence-corrected chi connectivity index (χ1v) is 8.83. The van der Waals surface area contributed by atoms with Crippen molar-refractivity contribution in [1.82, 2.24) is 0 Å². The minimum atomic E-state index is -1.23. The molecule has 140 valence electrons. The summed E-state index contributed by atoms with van der Waals surface area (Å²) in [6.45, 7) is 11.7. The molecule has 0 spiro atoms. The van der Waals surface area contributed by atoms with Gasteiger partial charge < -0.3 is 14.7 Å². The molecule has 5 heteroatoms. The highest BCUT2D eigenvalue weighted by Crippen LogP contribution is 2.13. The molecule has 0 heterocycles. The summed E-state index contributed by atoms with van der Waals surface area (Å²) in [7, 11) is 0. The highest BCUT2D eigenvalue weighted by molar-refractivity contribution is 6.01. The molecular formula is C21H28NO4+. The molecule has 2 rings (SSSR count). The van der Waals surface area contributed by atoms with E-state index in [1.54, 1.807) is 0 Å². The number of hydrogen-bond acceptors (Lipinski definition) is 2. The summed E-state index contributed by atoms with van der Waals surface area (Å²) in [5.41, 5.74) is 1.08. The second kappa shape index (κ2) is 10.4. The van der Waals surface area contributed by atoms with Crippen molar-refractivity contribution < 1.29 is 24.3 Å². The molecule has 2 aromatic carbocycles. The third-order valence-electron chi connectivity index (χ3n) is 4.76. The summed E-state index contributed by atoms with van der Waals surface area (Å²) < 4.78 is 1.20. The van der Waals surface area contributed by atoms with Gasteiger partial charge in [0.25, 0.3) is 0 Å². The molecule has 0 saturated heterocycles. The monoisotopic (exact) mass is 358 g/mol. The van der Waals surface area contributed by atoms with Crippen LogP contribution in [0.25, 0.3) is 0 Å². The molecule has 2 N–H and O–H groups in total. The van der Waals surface area contributed by atoms with Crippen LogP contribution in [0.2, 0.25) is 0 Å². The smallest absolute Gasteiger partial charge is 0.336 e. The zero-order valence-electron chi connectivity index (χ0n) is 15.7. The maximum Gasteiger partial charge on any atom is 0.336 e. The SMILES string of the molecule is CC[N+](CC)(CC)Cc1ccccc1.O=C(O)c1ccccc1C(=O)O. The summed E-state index contributed by atoms with van der Waals surface area (Å²) in [5, 5.41) is 17.1. The quantitative estimate of drug-likeness (QED) is 0.729. The van der Waals surface area contributed by atoms with Crippen LogP contribution in [-0.4, -0.2) is 46.3 Å². The molecule has 0 fully saturated rings. The van der Waals surface area contributed by atoms with Crippen LogP contribution in [0.15, 0.2) is 54.6 Å². The van der Waals surface area contributed by atoms with Crippen LogP contribution in [0.3, 0.4) is 0 Å². The molecular weight excluding hydrogens is 330 g/mol. The van der Waals surface area contributed by atoms with Gasteiger partial charge in [0.05, 0.1) is 30.8 Å². The highest BCUT2D eigenvalue weighted by atomic mass is 16.4. The van der Waals surface area contributed by atoms with E-state index < -0.39 is 11.9 Å². The normalized spacial score (nSPS) is 10.6. The van der Waals surface area contributed by atoms with Crippen molar-refractivity contribution >= 4 is 11.9 Å². The lowest BCUT2D eigenvalue weighted by atomic mass is 10.1. The van der Waals surface area contributed by atoms with E-state index in [0.717, 1.165) is 0 Å². The van der Waals surface area contributed by atoms with Crippen LogP contribution in [-0.2, 0) is 6.54 Å². The molecule has 0 aliphatic carbocycles. The summed E-state index contributed by atoms with van der Waals surface area (Å²) >= 11 is 0. The Morgan fingerprint density at radius 2 is 1.12 bits per heavy atom. The Hall–Kier alpha value is -2.66. The van der Waals surface area contributed by atoms with Gasteiger partial charge in [-0.3, -0.25) is 0 Å². The zero-order valence-corrected chi connectivity index (χ0v) is 15.7. The third kappa shape index (κ3) is 6.01. The van der Waals surface area contributed by atoms with Gasteiger partial charge in [0.2, 0.25) is 0 Å². The number of carbonyl (C=O) groups is 2. The van der Waals surface area contributed by atoms with E-state index in [4.69, 9.17) is 10.2 Å². The van der Waals surface area contributed by atoms with Gasteiger partial charge in [0, 0.05) is 5.56 Å². The zero-order chi connectivity index (χ0) is 19.6. The van der Waals surface area contributed by atoms with E-state index in [0.29, 0.717) is 0 Å². The van der Waals surface area contributed by atoms with Gasteiger partial charge in [-0.05, 0) is 32.9 Å². The Kier molecular flexibility index (Phi) is 8.52. The van der Waals surface area contributed by atoms with Crippen molar-refractivity contribution in [2.24, 2.45) is 0 Å². The summed E-state index contributed by atoms with van der Waals surface area (Å²) in [5.74, 6) is -2.46. The fraction of sp³-hybridized carbons (Fsp3) is 0.333. The molecule has 0 unspecified atom stereocenters. The van der Waals surface area contributed by atoms with E-state index in [9.17, 15) is 9.59 Å². The number of carboxylic acid groups (broad SMARTS) is 2. The maximum atomic E-state index is 10.5. The van der Waals surface area contributed by atoms with Crippen molar-refractivity contribution in [2.45, 2.75) is 27.3 Å². The molecule has 0 aromatic heterocycles. The van der Waals surface area contributed by atoms with Crippen molar-refractivity contribution in [3.63, 3.8) is 0 Å². The molecule has 0 aliphatic rings. The van der Waals surface area contributed by atoms with E-state index >= 15 is 0 Å². The summed E-state index contributed by atoms with van der Waals surface area (Å²) in [6.07, 6.45) is 0. The third-order valence-corrected chi connectivity index (χ3v) is 4.76. The van der Waals surface area contributed by atoms with Crippen LogP contribution in [0.1, 0.15) is 47.1 Å². The predicted molar refractivity (Wildman–Crippen MR) is 102 cm³/mol. The van der Waals surface area contributed by atoms with Gasteiger partial charge in [-0.25, -0.2) is 9.59 Å². The van der Waals surface area contributed by atoms with E-state index in [-0.39, 0.29) is 11.1 Å². The highest BCUT2D eigenvalue weighted by Gasteiger charge is 2.20. The number of carboxylic acids is 2. The molecule has 2 aromatic rings. The molecule has 0 bridgehead atoms. The Bertz CT molecular complexity index is 668. The van der Waals surface area contributed by atoms with E-state index in [1.165, 1.54) is 60.5 Å². The molecule has 0 radical (unpaired) electrons. The van der Waals surface area contributed by atoms with Gasteiger partial charge in [-0.2, -0.15) is 0 Å².